The summed E-state index contributed by atoms with van der Waals surface area (Å²) in [6.45, 7) is 2.94. The zero-order valence-corrected chi connectivity index (χ0v) is 16.9. The van der Waals surface area contributed by atoms with Crippen LogP contribution in [0.4, 0.5) is 4.79 Å². The third-order valence-corrected chi connectivity index (χ3v) is 6.03. The topological polar surface area (TPSA) is 53.6 Å². The molecule has 4 rings (SSSR count). The SMILES string of the molecule is COc1ccc2c(c1Cl)C(NCc1ccc(CN3CCNC3=O)cc1)CCC2. The van der Waals surface area contributed by atoms with Gasteiger partial charge >= 0.3 is 6.03 Å². The Morgan fingerprint density at radius 1 is 1.21 bits per heavy atom. The molecular formula is C22H26ClN3O2. The summed E-state index contributed by atoms with van der Waals surface area (Å²) in [5, 5.41) is 7.24. The summed E-state index contributed by atoms with van der Waals surface area (Å²) in [5.41, 5.74) is 4.87. The van der Waals surface area contributed by atoms with Crippen molar-refractivity contribution in [2.45, 2.75) is 38.4 Å². The minimum absolute atomic E-state index is 0.0222. The van der Waals surface area contributed by atoms with Crippen molar-refractivity contribution < 1.29 is 9.53 Å². The van der Waals surface area contributed by atoms with E-state index >= 15 is 0 Å². The molecule has 1 fully saturated rings. The van der Waals surface area contributed by atoms with Crippen LogP contribution in [0.25, 0.3) is 0 Å². The Labute approximate surface area is 171 Å². The standard InChI is InChI=1S/C22H26ClN3O2/c1-28-19-10-9-17-3-2-4-18(20(17)21(19)23)25-13-15-5-7-16(8-6-15)14-26-12-11-24-22(26)27/h5-10,18,25H,2-4,11-14H2,1H3,(H,24,27). The number of ether oxygens (including phenoxy) is 1. The van der Waals surface area contributed by atoms with Gasteiger partial charge in [0.1, 0.15) is 5.75 Å². The van der Waals surface area contributed by atoms with Gasteiger partial charge in [0.15, 0.2) is 0 Å². The number of carbonyl (C=O) groups excluding carboxylic acids is 1. The zero-order chi connectivity index (χ0) is 19.5. The number of nitrogens with one attached hydrogen (secondary N) is 2. The average Bonchev–Trinajstić information content (AvgIpc) is 3.12. The lowest BCUT2D eigenvalue weighted by atomic mass is 9.87. The highest BCUT2D eigenvalue weighted by molar-refractivity contribution is 6.33. The summed E-state index contributed by atoms with van der Waals surface area (Å²) in [5.74, 6) is 0.740. The molecular weight excluding hydrogens is 374 g/mol. The molecule has 2 aromatic rings. The van der Waals surface area contributed by atoms with Crippen molar-refractivity contribution in [3.05, 3.63) is 63.7 Å². The number of hydrogen-bond donors (Lipinski definition) is 2. The van der Waals surface area contributed by atoms with Crippen molar-refractivity contribution >= 4 is 17.6 Å². The van der Waals surface area contributed by atoms with Crippen LogP contribution >= 0.6 is 11.6 Å². The van der Waals surface area contributed by atoms with Crippen molar-refractivity contribution in [3.8, 4) is 5.75 Å². The highest BCUT2D eigenvalue weighted by Gasteiger charge is 2.24. The minimum atomic E-state index is 0.0222. The highest BCUT2D eigenvalue weighted by Crippen LogP contribution is 2.40. The normalized spacial score (nSPS) is 18.7. The maximum absolute atomic E-state index is 11.7. The number of amides is 2. The predicted molar refractivity (Wildman–Crippen MR) is 111 cm³/mol. The van der Waals surface area contributed by atoms with Crippen LogP contribution in [0.3, 0.4) is 0 Å². The molecule has 2 N–H and O–H groups in total. The second-order valence-corrected chi connectivity index (χ2v) is 7.83. The van der Waals surface area contributed by atoms with Crippen molar-refractivity contribution in [3.63, 3.8) is 0 Å². The van der Waals surface area contributed by atoms with Gasteiger partial charge < -0.3 is 20.3 Å². The first-order valence-electron chi connectivity index (χ1n) is 9.85. The van der Waals surface area contributed by atoms with Crippen LogP contribution in [0.5, 0.6) is 5.75 Å². The summed E-state index contributed by atoms with van der Waals surface area (Å²) < 4.78 is 5.41. The molecule has 28 heavy (non-hydrogen) atoms. The number of carbonyl (C=O) groups is 1. The first-order valence-corrected chi connectivity index (χ1v) is 10.2. The molecule has 2 amide bonds. The van der Waals surface area contributed by atoms with E-state index in [0.717, 1.165) is 55.2 Å². The van der Waals surface area contributed by atoms with Crippen LogP contribution in [0.15, 0.2) is 36.4 Å². The summed E-state index contributed by atoms with van der Waals surface area (Å²) in [4.78, 5) is 13.5. The molecule has 1 aliphatic carbocycles. The molecule has 0 saturated carbocycles. The van der Waals surface area contributed by atoms with E-state index < -0.39 is 0 Å². The maximum atomic E-state index is 11.7. The van der Waals surface area contributed by atoms with E-state index in [9.17, 15) is 4.79 Å². The molecule has 0 bridgehead atoms. The fourth-order valence-electron chi connectivity index (χ4n) is 4.10. The number of aryl methyl sites for hydroxylation is 1. The fraction of sp³-hybridized carbons (Fsp3) is 0.409. The number of methoxy groups -OCH3 is 1. The molecule has 0 radical (unpaired) electrons. The van der Waals surface area contributed by atoms with Gasteiger partial charge in [-0.25, -0.2) is 4.79 Å². The first-order chi connectivity index (χ1) is 13.7. The summed E-state index contributed by atoms with van der Waals surface area (Å²) in [7, 11) is 1.66. The largest absolute Gasteiger partial charge is 0.495 e. The first kappa shape index (κ1) is 19.1. The van der Waals surface area contributed by atoms with Crippen molar-refractivity contribution in [1.29, 1.82) is 0 Å². The number of nitrogens with zero attached hydrogens (tertiary/aromatic N) is 1. The van der Waals surface area contributed by atoms with Gasteiger partial charge in [0.05, 0.1) is 12.1 Å². The summed E-state index contributed by atoms with van der Waals surface area (Å²) >= 11 is 6.61. The van der Waals surface area contributed by atoms with Crippen molar-refractivity contribution in [1.82, 2.24) is 15.5 Å². The second kappa shape index (κ2) is 8.41. The van der Waals surface area contributed by atoms with E-state index in [2.05, 4.69) is 41.0 Å². The maximum Gasteiger partial charge on any atom is 0.317 e. The fourth-order valence-corrected chi connectivity index (χ4v) is 4.49. The Bertz CT molecular complexity index is 854. The van der Waals surface area contributed by atoms with E-state index in [1.165, 1.54) is 16.7 Å². The van der Waals surface area contributed by atoms with Gasteiger partial charge in [0, 0.05) is 32.2 Å². The third-order valence-electron chi connectivity index (χ3n) is 5.64. The van der Waals surface area contributed by atoms with Gasteiger partial charge in [-0.15, -0.1) is 0 Å². The number of rotatable bonds is 6. The number of fused-ring (bicyclic) bond motifs is 1. The Hall–Kier alpha value is -2.24. The summed E-state index contributed by atoms with van der Waals surface area (Å²) in [6, 6.07) is 12.8. The molecule has 1 saturated heterocycles. The molecule has 1 atom stereocenters. The molecule has 0 aromatic heterocycles. The molecule has 0 spiro atoms. The van der Waals surface area contributed by atoms with Gasteiger partial charge in [-0.1, -0.05) is 41.9 Å². The number of urea groups is 1. The molecule has 1 heterocycles. The van der Waals surface area contributed by atoms with E-state index in [0.29, 0.717) is 6.54 Å². The Morgan fingerprint density at radius 3 is 2.71 bits per heavy atom. The predicted octanol–water partition coefficient (Wildman–Crippen LogP) is 4.04. The lowest BCUT2D eigenvalue weighted by molar-refractivity contribution is 0.215. The number of hydrogen-bond acceptors (Lipinski definition) is 3. The second-order valence-electron chi connectivity index (χ2n) is 7.45. The Kier molecular flexibility index (Phi) is 5.74. The third kappa shape index (κ3) is 3.96. The van der Waals surface area contributed by atoms with Crippen LogP contribution in [-0.2, 0) is 19.5 Å². The molecule has 2 aromatic carbocycles. The van der Waals surface area contributed by atoms with E-state index in [4.69, 9.17) is 16.3 Å². The van der Waals surface area contributed by atoms with Crippen LogP contribution < -0.4 is 15.4 Å². The lowest BCUT2D eigenvalue weighted by Crippen LogP contribution is -2.27. The quantitative estimate of drug-likeness (QED) is 0.770. The highest BCUT2D eigenvalue weighted by atomic mass is 35.5. The van der Waals surface area contributed by atoms with E-state index in [-0.39, 0.29) is 12.1 Å². The molecule has 1 unspecified atom stereocenters. The number of halogens is 1. The molecule has 148 valence electrons. The van der Waals surface area contributed by atoms with Crippen LogP contribution in [0, 0.1) is 0 Å². The Morgan fingerprint density at radius 2 is 2.00 bits per heavy atom. The van der Waals surface area contributed by atoms with Crippen molar-refractivity contribution in [2.75, 3.05) is 20.2 Å². The van der Waals surface area contributed by atoms with Crippen molar-refractivity contribution in [2.24, 2.45) is 0 Å². The zero-order valence-electron chi connectivity index (χ0n) is 16.1. The molecule has 5 nitrogen and oxygen atoms in total. The van der Waals surface area contributed by atoms with Gasteiger partial charge in [0.25, 0.3) is 0 Å². The Balaban J connectivity index is 1.41. The molecule has 2 aliphatic rings. The van der Waals surface area contributed by atoms with Crippen LogP contribution in [0.2, 0.25) is 5.02 Å². The monoisotopic (exact) mass is 399 g/mol. The van der Waals surface area contributed by atoms with E-state index in [1.54, 1.807) is 7.11 Å². The van der Waals surface area contributed by atoms with E-state index in [1.807, 2.05) is 11.0 Å². The summed E-state index contributed by atoms with van der Waals surface area (Å²) in [6.07, 6.45) is 3.29. The number of benzene rings is 2. The van der Waals surface area contributed by atoms with Gasteiger partial charge in [-0.3, -0.25) is 0 Å². The molecule has 6 heteroatoms. The van der Waals surface area contributed by atoms with Crippen LogP contribution in [0.1, 0.15) is 41.1 Å². The minimum Gasteiger partial charge on any atom is -0.495 e. The van der Waals surface area contributed by atoms with Gasteiger partial charge in [0.2, 0.25) is 0 Å². The smallest absolute Gasteiger partial charge is 0.317 e. The van der Waals surface area contributed by atoms with Gasteiger partial charge in [-0.05, 0) is 47.6 Å². The molecule has 1 aliphatic heterocycles. The van der Waals surface area contributed by atoms with Gasteiger partial charge in [-0.2, -0.15) is 0 Å². The lowest BCUT2D eigenvalue weighted by Gasteiger charge is -2.28. The van der Waals surface area contributed by atoms with Crippen LogP contribution in [-0.4, -0.2) is 31.1 Å². The average molecular weight is 400 g/mol.